The minimum atomic E-state index is -4.44. The van der Waals surface area contributed by atoms with Crippen LogP contribution in [0.4, 0.5) is 18.9 Å². The first-order valence-corrected chi connectivity index (χ1v) is 10.3. The average molecular weight is 418 g/mol. The normalized spacial score (nSPS) is 19.9. The Balaban J connectivity index is 1.61. The van der Waals surface area contributed by atoms with Crippen LogP contribution in [0.3, 0.4) is 0 Å². The van der Waals surface area contributed by atoms with Crippen LogP contribution in [0.2, 0.25) is 0 Å². The van der Waals surface area contributed by atoms with Gasteiger partial charge in [-0.25, -0.2) is 0 Å². The van der Waals surface area contributed by atoms with Crippen molar-refractivity contribution >= 4 is 11.6 Å². The molecular formula is C23H25F3N2O2. The van der Waals surface area contributed by atoms with E-state index in [-0.39, 0.29) is 18.4 Å². The summed E-state index contributed by atoms with van der Waals surface area (Å²) in [6, 6.07) is 13.5. The van der Waals surface area contributed by atoms with Gasteiger partial charge in [0.1, 0.15) is 0 Å². The molecule has 160 valence electrons. The maximum atomic E-state index is 13.3. The van der Waals surface area contributed by atoms with Gasteiger partial charge in [0.05, 0.1) is 31.2 Å². The van der Waals surface area contributed by atoms with Gasteiger partial charge in [-0.3, -0.25) is 4.79 Å². The highest BCUT2D eigenvalue weighted by molar-refractivity contribution is 5.81. The van der Waals surface area contributed by atoms with Crippen LogP contribution in [-0.4, -0.2) is 43.7 Å². The molecule has 0 radical (unpaired) electrons. The van der Waals surface area contributed by atoms with Gasteiger partial charge in [-0.05, 0) is 42.2 Å². The number of rotatable bonds is 4. The molecule has 2 aliphatic heterocycles. The van der Waals surface area contributed by atoms with E-state index in [4.69, 9.17) is 4.74 Å². The van der Waals surface area contributed by atoms with Crippen molar-refractivity contribution in [1.29, 1.82) is 0 Å². The Kier molecular flexibility index (Phi) is 5.99. The van der Waals surface area contributed by atoms with E-state index in [1.54, 1.807) is 0 Å². The van der Waals surface area contributed by atoms with Gasteiger partial charge >= 0.3 is 6.18 Å². The van der Waals surface area contributed by atoms with Crippen molar-refractivity contribution in [2.24, 2.45) is 0 Å². The minimum Gasteiger partial charge on any atom is -0.378 e. The number of hydrogen-bond acceptors (Lipinski definition) is 3. The first kappa shape index (κ1) is 20.7. The predicted octanol–water partition coefficient (Wildman–Crippen LogP) is 4.45. The van der Waals surface area contributed by atoms with Crippen molar-refractivity contribution in [3.8, 4) is 0 Å². The summed E-state index contributed by atoms with van der Waals surface area (Å²) >= 11 is 0. The lowest BCUT2D eigenvalue weighted by atomic mass is 10.0. The fraction of sp³-hybridized carbons (Fsp3) is 0.435. The summed E-state index contributed by atoms with van der Waals surface area (Å²) in [5, 5.41) is 0. The molecule has 2 aliphatic rings. The van der Waals surface area contributed by atoms with E-state index in [2.05, 4.69) is 0 Å². The van der Waals surface area contributed by atoms with E-state index < -0.39 is 11.7 Å². The first-order valence-electron chi connectivity index (χ1n) is 10.3. The van der Waals surface area contributed by atoms with Crippen molar-refractivity contribution in [2.45, 2.75) is 31.5 Å². The van der Waals surface area contributed by atoms with Gasteiger partial charge in [-0.2, -0.15) is 13.2 Å². The van der Waals surface area contributed by atoms with Crippen molar-refractivity contribution in [3.05, 3.63) is 65.2 Å². The van der Waals surface area contributed by atoms with Gasteiger partial charge in [0.2, 0.25) is 5.91 Å². The molecule has 1 unspecified atom stereocenters. The third-order valence-electron chi connectivity index (χ3n) is 5.86. The zero-order valence-corrected chi connectivity index (χ0v) is 16.7. The molecule has 4 nitrogen and oxygen atoms in total. The number of alkyl halides is 3. The fourth-order valence-electron chi connectivity index (χ4n) is 4.37. The number of nitrogens with zero attached hydrogens (tertiary/aromatic N) is 2. The van der Waals surface area contributed by atoms with Crippen molar-refractivity contribution in [3.63, 3.8) is 0 Å². The SMILES string of the molecule is O=C(Cc1cc(C(F)(F)F)ccc1N1CCOCC1)N1CCCC1c1ccccc1. The van der Waals surface area contributed by atoms with Crippen LogP contribution in [0.1, 0.15) is 35.6 Å². The molecule has 1 amide bonds. The molecule has 2 aromatic carbocycles. The Bertz CT molecular complexity index is 880. The number of likely N-dealkylation sites (tertiary alicyclic amines) is 1. The molecule has 7 heteroatoms. The van der Waals surface area contributed by atoms with Crippen molar-refractivity contribution in [2.75, 3.05) is 37.7 Å². The van der Waals surface area contributed by atoms with Crippen LogP contribution < -0.4 is 4.90 Å². The number of carbonyl (C=O) groups is 1. The van der Waals surface area contributed by atoms with Crippen LogP contribution in [0.15, 0.2) is 48.5 Å². The van der Waals surface area contributed by atoms with Crippen molar-refractivity contribution < 1.29 is 22.7 Å². The summed E-state index contributed by atoms with van der Waals surface area (Å²) in [6.45, 7) is 2.88. The molecule has 2 saturated heterocycles. The summed E-state index contributed by atoms with van der Waals surface area (Å²) in [5.74, 6) is -0.129. The first-order chi connectivity index (χ1) is 14.4. The summed E-state index contributed by atoms with van der Waals surface area (Å²) in [4.78, 5) is 17.0. The molecule has 0 saturated carbocycles. The van der Waals surface area contributed by atoms with Crippen LogP contribution in [0, 0.1) is 0 Å². The number of carbonyl (C=O) groups excluding carboxylic acids is 1. The molecule has 0 bridgehead atoms. The Morgan fingerprint density at radius 2 is 1.77 bits per heavy atom. The summed E-state index contributed by atoms with van der Waals surface area (Å²) in [6.07, 6.45) is -2.72. The maximum absolute atomic E-state index is 13.3. The lowest BCUT2D eigenvalue weighted by molar-refractivity contribution is -0.138. The highest BCUT2D eigenvalue weighted by Gasteiger charge is 2.33. The van der Waals surface area contributed by atoms with Crippen molar-refractivity contribution in [1.82, 2.24) is 4.90 Å². The Morgan fingerprint density at radius 3 is 2.47 bits per heavy atom. The molecule has 2 heterocycles. The predicted molar refractivity (Wildman–Crippen MR) is 108 cm³/mol. The second kappa shape index (κ2) is 8.68. The monoisotopic (exact) mass is 418 g/mol. The molecule has 0 N–H and O–H groups in total. The Morgan fingerprint density at radius 1 is 1.03 bits per heavy atom. The number of anilines is 1. The highest BCUT2D eigenvalue weighted by Crippen LogP contribution is 2.36. The van der Waals surface area contributed by atoms with E-state index in [9.17, 15) is 18.0 Å². The van der Waals surface area contributed by atoms with Crippen LogP contribution in [0.5, 0.6) is 0 Å². The summed E-state index contributed by atoms with van der Waals surface area (Å²) < 4.78 is 45.4. The van der Waals surface area contributed by atoms with Crippen LogP contribution in [0.25, 0.3) is 0 Å². The number of morpholine rings is 1. The van der Waals surface area contributed by atoms with Gasteiger partial charge < -0.3 is 14.5 Å². The highest BCUT2D eigenvalue weighted by atomic mass is 19.4. The summed E-state index contributed by atoms with van der Waals surface area (Å²) in [5.41, 5.74) is 1.47. The van der Waals surface area contributed by atoms with Gasteiger partial charge in [0.25, 0.3) is 0 Å². The number of benzene rings is 2. The zero-order chi connectivity index (χ0) is 21.1. The lowest BCUT2D eigenvalue weighted by Crippen LogP contribution is -2.37. The summed E-state index contributed by atoms with van der Waals surface area (Å²) in [7, 11) is 0. The number of hydrogen-bond donors (Lipinski definition) is 0. The third kappa shape index (κ3) is 4.46. The standard InChI is InChI=1S/C23H25F3N2O2/c24-23(25,26)19-8-9-20(27-11-13-30-14-12-27)18(15-19)16-22(29)28-10-4-7-21(28)17-5-2-1-3-6-17/h1-3,5-6,8-9,15,21H,4,7,10-14,16H2. The minimum absolute atomic E-state index is 0.0173. The maximum Gasteiger partial charge on any atom is 0.416 e. The fourth-order valence-corrected chi connectivity index (χ4v) is 4.37. The Hall–Kier alpha value is -2.54. The molecule has 1 atom stereocenters. The van der Waals surface area contributed by atoms with E-state index in [1.165, 1.54) is 6.07 Å². The molecule has 30 heavy (non-hydrogen) atoms. The molecule has 2 fully saturated rings. The average Bonchev–Trinajstić information content (AvgIpc) is 3.24. The van der Waals surface area contributed by atoms with Crippen LogP contribution >= 0.6 is 0 Å². The topological polar surface area (TPSA) is 32.8 Å². The molecular weight excluding hydrogens is 393 g/mol. The van der Waals surface area contributed by atoms with Gasteiger partial charge in [0.15, 0.2) is 0 Å². The molecule has 4 rings (SSSR count). The molecule has 0 spiro atoms. The second-order valence-electron chi connectivity index (χ2n) is 7.77. The number of ether oxygens (including phenoxy) is 1. The van der Waals surface area contributed by atoms with E-state index in [0.29, 0.717) is 44.1 Å². The smallest absolute Gasteiger partial charge is 0.378 e. The quantitative estimate of drug-likeness (QED) is 0.736. The van der Waals surface area contributed by atoms with Gasteiger partial charge in [0, 0.05) is 25.3 Å². The molecule has 2 aromatic rings. The van der Waals surface area contributed by atoms with E-state index in [0.717, 1.165) is 30.5 Å². The third-order valence-corrected chi connectivity index (χ3v) is 5.86. The molecule has 0 aliphatic carbocycles. The number of amides is 1. The Labute approximate surface area is 174 Å². The van der Waals surface area contributed by atoms with E-state index in [1.807, 2.05) is 40.1 Å². The van der Waals surface area contributed by atoms with Crippen LogP contribution in [-0.2, 0) is 22.1 Å². The zero-order valence-electron chi connectivity index (χ0n) is 16.7. The number of halogens is 3. The largest absolute Gasteiger partial charge is 0.416 e. The lowest BCUT2D eigenvalue weighted by Gasteiger charge is -2.32. The van der Waals surface area contributed by atoms with Gasteiger partial charge in [-0.1, -0.05) is 30.3 Å². The van der Waals surface area contributed by atoms with E-state index >= 15 is 0 Å². The second-order valence-corrected chi connectivity index (χ2v) is 7.77. The molecule has 0 aromatic heterocycles. The van der Waals surface area contributed by atoms with Gasteiger partial charge in [-0.15, -0.1) is 0 Å².